The van der Waals surface area contributed by atoms with Crippen molar-refractivity contribution in [2.45, 2.75) is 13.8 Å². The lowest BCUT2D eigenvalue weighted by Crippen LogP contribution is -2.20. The number of fused-ring (bicyclic) bond motifs is 1. The highest BCUT2D eigenvalue weighted by Gasteiger charge is 2.24. The van der Waals surface area contributed by atoms with Crippen LogP contribution in [-0.4, -0.2) is 18.3 Å². The van der Waals surface area contributed by atoms with Gasteiger partial charge < -0.3 is 4.74 Å². The monoisotopic (exact) mass is 255 g/mol. The van der Waals surface area contributed by atoms with Gasteiger partial charge in [-0.25, -0.2) is 4.79 Å². The van der Waals surface area contributed by atoms with Gasteiger partial charge in [-0.15, -0.1) is 0 Å². The van der Waals surface area contributed by atoms with E-state index in [1.165, 1.54) is 0 Å². The molecule has 0 amide bonds. The number of benzene rings is 1. The topological polar surface area (TPSA) is 74.5 Å². The molecule has 0 aliphatic carbocycles. The third kappa shape index (κ3) is 2.33. The molecule has 1 aliphatic rings. The Morgan fingerprint density at radius 3 is 2.89 bits per heavy atom. The predicted octanol–water partition coefficient (Wildman–Crippen LogP) is 2.33. The Kier molecular flexibility index (Phi) is 3.62. The summed E-state index contributed by atoms with van der Waals surface area (Å²) in [6.07, 6.45) is 0. The second-order valence-electron chi connectivity index (χ2n) is 3.95. The predicted molar refractivity (Wildman–Crippen MR) is 72.3 cm³/mol. The number of esters is 1. The normalized spacial score (nSPS) is 13.6. The molecule has 0 aromatic heterocycles. The van der Waals surface area contributed by atoms with Crippen LogP contribution in [0.3, 0.4) is 0 Å². The molecule has 5 heteroatoms. The van der Waals surface area contributed by atoms with Gasteiger partial charge in [0, 0.05) is 5.56 Å². The number of para-hydroxylation sites is 1. The summed E-state index contributed by atoms with van der Waals surface area (Å²) in [6, 6.07) is 9.47. The van der Waals surface area contributed by atoms with Crippen LogP contribution in [0.5, 0.6) is 0 Å². The van der Waals surface area contributed by atoms with Crippen LogP contribution < -0.4 is 5.43 Å². The molecular formula is C14H13N3O2. The molecule has 0 unspecified atom stereocenters. The van der Waals surface area contributed by atoms with Crippen LogP contribution in [0.15, 0.2) is 34.9 Å². The summed E-state index contributed by atoms with van der Waals surface area (Å²) in [5, 5.41) is 13.3. The van der Waals surface area contributed by atoms with Gasteiger partial charge in [0.25, 0.3) is 0 Å². The largest absolute Gasteiger partial charge is 0.461 e. The Labute approximate surface area is 111 Å². The van der Waals surface area contributed by atoms with Crippen molar-refractivity contribution in [3.05, 3.63) is 35.4 Å². The third-order valence-corrected chi connectivity index (χ3v) is 2.81. The fourth-order valence-electron chi connectivity index (χ4n) is 1.88. The molecule has 0 fully saturated rings. The maximum absolute atomic E-state index is 11.8. The first-order chi connectivity index (χ1) is 9.19. The Bertz CT molecular complexity index is 624. The maximum Gasteiger partial charge on any atom is 0.360 e. The number of nitrogens with one attached hydrogen (secondary N) is 1. The molecule has 2 rings (SSSR count). The van der Waals surface area contributed by atoms with Gasteiger partial charge in [0.2, 0.25) is 0 Å². The number of carbonyl (C=O) groups excluding carboxylic acids is 1. The number of hydrogen-bond acceptors (Lipinski definition) is 5. The van der Waals surface area contributed by atoms with Crippen molar-refractivity contribution in [1.29, 1.82) is 5.26 Å². The van der Waals surface area contributed by atoms with Gasteiger partial charge in [0.15, 0.2) is 5.71 Å². The van der Waals surface area contributed by atoms with Crippen molar-refractivity contribution < 1.29 is 9.53 Å². The highest BCUT2D eigenvalue weighted by Crippen LogP contribution is 2.29. The van der Waals surface area contributed by atoms with Crippen LogP contribution in [0.4, 0.5) is 5.69 Å². The van der Waals surface area contributed by atoms with E-state index in [1.54, 1.807) is 13.8 Å². The summed E-state index contributed by atoms with van der Waals surface area (Å²) in [5.74, 6) is -0.598. The number of ether oxygens (including phenoxy) is 1. The van der Waals surface area contributed by atoms with Gasteiger partial charge in [-0.1, -0.05) is 18.2 Å². The van der Waals surface area contributed by atoms with Crippen molar-refractivity contribution in [2.75, 3.05) is 12.0 Å². The molecule has 0 radical (unpaired) electrons. The molecule has 5 nitrogen and oxygen atoms in total. The quantitative estimate of drug-likeness (QED) is 0.823. The molecule has 1 aromatic carbocycles. The van der Waals surface area contributed by atoms with Crippen molar-refractivity contribution in [2.24, 2.45) is 5.10 Å². The molecule has 1 aromatic rings. The van der Waals surface area contributed by atoms with Crippen LogP contribution in [0.1, 0.15) is 19.4 Å². The smallest absolute Gasteiger partial charge is 0.360 e. The first kappa shape index (κ1) is 12.8. The van der Waals surface area contributed by atoms with E-state index in [9.17, 15) is 10.1 Å². The van der Waals surface area contributed by atoms with Crippen LogP contribution in [0.2, 0.25) is 0 Å². The summed E-state index contributed by atoms with van der Waals surface area (Å²) in [4.78, 5) is 11.8. The average molecular weight is 255 g/mol. The molecule has 0 spiro atoms. The number of nitrogens with zero attached hydrogens (tertiary/aromatic N) is 2. The zero-order chi connectivity index (χ0) is 13.8. The lowest BCUT2D eigenvalue weighted by Gasteiger charge is -2.06. The van der Waals surface area contributed by atoms with E-state index in [2.05, 4.69) is 10.5 Å². The van der Waals surface area contributed by atoms with Crippen LogP contribution >= 0.6 is 0 Å². The van der Waals surface area contributed by atoms with E-state index in [-0.39, 0.29) is 17.9 Å². The van der Waals surface area contributed by atoms with Crippen molar-refractivity contribution >= 4 is 22.9 Å². The fraction of sp³-hybridized carbons (Fsp3) is 0.214. The van der Waals surface area contributed by atoms with Gasteiger partial charge in [0.1, 0.15) is 6.07 Å². The lowest BCUT2D eigenvalue weighted by molar-refractivity contribution is -0.134. The van der Waals surface area contributed by atoms with Gasteiger partial charge in [-0.2, -0.15) is 10.4 Å². The molecule has 0 saturated carbocycles. The number of rotatable bonds is 2. The summed E-state index contributed by atoms with van der Waals surface area (Å²) in [5.41, 5.74) is 5.36. The number of allylic oxidation sites excluding steroid dienone is 1. The first-order valence-corrected chi connectivity index (χ1v) is 5.90. The first-order valence-electron chi connectivity index (χ1n) is 5.90. The highest BCUT2D eigenvalue weighted by molar-refractivity contribution is 6.46. The van der Waals surface area contributed by atoms with Crippen molar-refractivity contribution in [3.8, 4) is 6.07 Å². The second-order valence-corrected chi connectivity index (χ2v) is 3.95. The Morgan fingerprint density at radius 1 is 1.47 bits per heavy atom. The molecule has 0 atom stereocenters. The van der Waals surface area contributed by atoms with E-state index in [0.717, 1.165) is 11.3 Å². The number of nitriles is 1. The van der Waals surface area contributed by atoms with Gasteiger partial charge in [-0.05, 0) is 25.5 Å². The minimum Gasteiger partial charge on any atom is -0.461 e. The summed E-state index contributed by atoms with van der Waals surface area (Å²) in [6.45, 7) is 3.74. The Balaban J connectivity index is 2.56. The zero-order valence-electron chi connectivity index (χ0n) is 10.7. The van der Waals surface area contributed by atoms with Crippen LogP contribution in [0, 0.1) is 11.3 Å². The zero-order valence-corrected chi connectivity index (χ0v) is 10.7. The van der Waals surface area contributed by atoms with E-state index >= 15 is 0 Å². The van der Waals surface area contributed by atoms with E-state index in [0.29, 0.717) is 5.57 Å². The summed E-state index contributed by atoms with van der Waals surface area (Å²) >= 11 is 0. The van der Waals surface area contributed by atoms with E-state index in [1.807, 2.05) is 30.3 Å². The molecule has 96 valence electrons. The van der Waals surface area contributed by atoms with Crippen LogP contribution in [0.25, 0.3) is 5.57 Å². The molecule has 0 saturated heterocycles. The maximum atomic E-state index is 11.8. The van der Waals surface area contributed by atoms with Gasteiger partial charge in [0.05, 0.1) is 17.9 Å². The molecule has 1 N–H and O–H groups in total. The number of hydrazone groups is 1. The molecule has 19 heavy (non-hydrogen) atoms. The minimum atomic E-state index is -0.598. The van der Waals surface area contributed by atoms with Gasteiger partial charge >= 0.3 is 5.97 Å². The van der Waals surface area contributed by atoms with E-state index < -0.39 is 5.97 Å². The lowest BCUT2D eigenvalue weighted by atomic mass is 9.98. The summed E-state index contributed by atoms with van der Waals surface area (Å²) < 4.78 is 4.92. The molecular weight excluding hydrogens is 242 g/mol. The number of hydrogen-bond donors (Lipinski definition) is 1. The second kappa shape index (κ2) is 5.36. The average Bonchev–Trinajstić information content (AvgIpc) is 2.56. The molecule has 1 heterocycles. The fourth-order valence-corrected chi connectivity index (χ4v) is 1.88. The van der Waals surface area contributed by atoms with Crippen molar-refractivity contribution in [3.63, 3.8) is 0 Å². The molecule has 1 aliphatic heterocycles. The van der Waals surface area contributed by atoms with Crippen molar-refractivity contribution in [1.82, 2.24) is 0 Å². The number of anilines is 1. The third-order valence-electron chi connectivity index (χ3n) is 2.81. The minimum absolute atomic E-state index is 0.0121. The van der Waals surface area contributed by atoms with Gasteiger partial charge in [-0.3, -0.25) is 5.43 Å². The standard InChI is InChI=1S/C14H13N3O2/c1-3-19-14(18)13-11(8-15)9(2)10-6-4-5-7-12(10)16-17-13/h4-7,16H,3H2,1-2H3. The summed E-state index contributed by atoms with van der Waals surface area (Å²) in [7, 11) is 0. The Hall–Kier alpha value is -2.61. The SMILES string of the molecule is CCOC(=O)C1=NNc2ccccc2C(C)=C1C#N. The molecule has 0 bridgehead atoms. The van der Waals surface area contributed by atoms with Crippen LogP contribution in [-0.2, 0) is 9.53 Å². The number of carbonyl (C=O) groups is 1. The highest BCUT2D eigenvalue weighted by atomic mass is 16.5. The Morgan fingerprint density at radius 2 is 2.21 bits per heavy atom. The van der Waals surface area contributed by atoms with E-state index in [4.69, 9.17) is 4.74 Å².